The fourth-order valence-corrected chi connectivity index (χ4v) is 3.33. The second-order valence-corrected chi connectivity index (χ2v) is 8.16. The second kappa shape index (κ2) is 7.48. The number of nitrogens with zero attached hydrogens (tertiary/aromatic N) is 2. The Morgan fingerprint density at radius 1 is 1.08 bits per heavy atom. The third-order valence-corrected chi connectivity index (χ3v) is 4.90. The highest BCUT2D eigenvalue weighted by Crippen LogP contribution is 2.26. The van der Waals surface area contributed by atoms with Crippen LogP contribution in [0.25, 0.3) is 0 Å². The van der Waals surface area contributed by atoms with Gasteiger partial charge in [-0.15, -0.1) is 0 Å². The molecule has 1 aliphatic heterocycles. The molecule has 3 rings (SSSR count). The normalized spacial score (nSPS) is 15.0. The summed E-state index contributed by atoms with van der Waals surface area (Å²) < 4.78 is 0. The van der Waals surface area contributed by atoms with E-state index in [9.17, 15) is 4.79 Å². The number of aryl methyl sites for hydroxylation is 1. The van der Waals surface area contributed by atoms with Crippen LogP contribution in [0, 0.1) is 6.92 Å². The maximum absolute atomic E-state index is 13.0. The van der Waals surface area contributed by atoms with Gasteiger partial charge in [-0.2, -0.15) is 0 Å². The fraction of sp³-hybridized carbons (Fsp3) is 0.455. The number of benzene rings is 1. The van der Waals surface area contributed by atoms with E-state index in [0.717, 1.165) is 43.1 Å². The van der Waals surface area contributed by atoms with Gasteiger partial charge < -0.3 is 10.2 Å². The maximum Gasteiger partial charge on any atom is 0.259 e. The third kappa shape index (κ3) is 4.24. The predicted molar refractivity (Wildman–Crippen MR) is 108 cm³/mol. The minimum absolute atomic E-state index is 0.0467. The number of hydrogen-bond acceptors (Lipinski definition) is 3. The van der Waals surface area contributed by atoms with Gasteiger partial charge in [0, 0.05) is 24.5 Å². The molecule has 2 heterocycles. The zero-order valence-corrected chi connectivity index (χ0v) is 16.3. The number of carbonyl (C=O) groups is 1. The molecule has 1 aliphatic rings. The molecular formula is C22H29N3O. The van der Waals surface area contributed by atoms with Crippen molar-refractivity contribution < 1.29 is 4.79 Å². The van der Waals surface area contributed by atoms with E-state index in [1.165, 1.54) is 12.0 Å². The molecule has 0 aliphatic carbocycles. The molecule has 0 saturated carbocycles. The minimum atomic E-state index is -0.0934. The fourth-order valence-electron chi connectivity index (χ4n) is 3.33. The molecular weight excluding hydrogens is 322 g/mol. The van der Waals surface area contributed by atoms with Crippen LogP contribution in [0.4, 0.5) is 11.5 Å². The molecule has 138 valence electrons. The van der Waals surface area contributed by atoms with E-state index in [0.29, 0.717) is 5.56 Å². The highest BCUT2D eigenvalue weighted by Gasteiger charge is 2.21. The van der Waals surface area contributed by atoms with Crippen LogP contribution in [-0.2, 0) is 5.41 Å². The van der Waals surface area contributed by atoms with E-state index < -0.39 is 0 Å². The van der Waals surface area contributed by atoms with Gasteiger partial charge in [0.05, 0.1) is 5.56 Å². The van der Waals surface area contributed by atoms with E-state index in [4.69, 9.17) is 0 Å². The van der Waals surface area contributed by atoms with Crippen molar-refractivity contribution in [1.82, 2.24) is 4.98 Å². The van der Waals surface area contributed by atoms with Crippen LogP contribution in [0.3, 0.4) is 0 Å². The Bertz CT molecular complexity index is 786. The molecule has 4 heteroatoms. The number of nitrogens with one attached hydrogen (secondary N) is 1. The molecule has 0 radical (unpaired) electrons. The SMILES string of the molecule is Cc1ccc(C(=O)Nc2cccc(C(C)(C)C)c2)c(N2CCCCC2)n1. The average molecular weight is 351 g/mol. The third-order valence-electron chi connectivity index (χ3n) is 4.90. The van der Waals surface area contributed by atoms with Crippen molar-refractivity contribution in [3.63, 3.8) is 0 Å². The van der Waals surface area contributed by atoms with Crippen molar-refractivity contribution in [3.05, 3.63) is 53.2 Å². The van der Waals surface area contributed by atoms with E-state index in [-0.39, 0.29) is 11.3 Å². The van der Waals surface area contributed by atoms with Crippen LogP contribution >= 0.6 is 0 Å². The average Bonchev–Trinajstić information content (AvgIpc) is 2.62. The van der Waals surface area contributed by atoms with Gasteiger partial charge in [-0.1, -0.05) is 32.9 Å². The van der Waals surface area contributed by atoms with Gasteiger partial charge in [0.25, 0.3) is 5.91 Å². The zero-order valence-electron chi connectivity index (χ0n) is 16.3. The number of amides is 1. The molecule has 26 heavy (non-hydrogen) atoms. The van der Waals surface area contributed by atoms with Crippen molar-refractivity contribution in [2.45, 2.75) is 52.4 Å². The molecule has 1 fully saturated rings. The molecule has 1 N–H and O–H groups in total. The first-order chi connectivity index (χ1) is 12.3. The first kappa shape index (κ1) is 18.4. The lowest BCUT2D eigenvalue weighted by Crippen LogP contribution is -2.32. The molecule has 4 nitrogen and oxygen atoms in total. The van der Waals surface area contributed by atoms with E-state index >= 15 is 0 Å². The largest absolute Gasteiger partial charge is 0.356 e. The Morgan fingerprint density at radius 3 is 2.50 bits per heavy atom. The second-order valence-electron chi connectivity index (χ2n) is 8.16. The highest BCUT2D eigenvalue weighted by molar-refractivity contribution is 6.07. The number of hydrogen-bond donors (Lipinski definition) is 1. The summed E-state index contributed by atoms with van der Waals surface area (Å²) in [5.41, 5.74) is 3.67. The van der Waals surface area contributed by atoms with Crippen molar-refractivity contribution in [2.75, 3.05) is 23.3 Å². The summed E-state index contributed by atoms with van der Waals surface area (Å²) in [5.74, 6) is 0.721. The molecule has 1 amide bonds. The van der Waals surface area contributed by atoms with E-state index in [1.807, 2.05) is 31.2 Å². The summed E-state index contributed by atoms with van der Waals surface area (Å²) in [6.07, 6.45) is 3.57. The molecule has 0 bridgehead atoms. The van der Waals surface area contributed by atoms with Crippen molar-refractivity contribution in [2.24, 2.45) is 0 Å². The van der Waals surface area contributed by atoms with Gasteiger partial charge in [-0.05, 0) is 61.4 Å². The summed E-state index contributed by atoms with van der Waals surface area (Å²) in [4.78, 5) is 19.9. The Balaban J connectivity index is 1.86. The number of anilines is 2. The number of piperidine rings is 1. The monoisotopic (exact) mass is 351 g/mol. The topological polar surface area (TPSA) is 45.2 Å². The summed E-state index contributed by atoms with van der Waals surface area (Å²) in [6, 6.07) is 11.9. The van der Waals surface area contributed by atoms with Gasteiger partial charge >= 0.3 is 0 Å². The lowest BCUT2D eigenvalue weighted by atomic mass is 9.87. The summed E-state index contributed by atoms with van der Waals surface area (Å²) in [7, 11) is 0. The van der Waals surface area contributed by atoms with Gasteiger partial charge in [-0.25, -0.2) is 4.98 Å². The first-order valence-corrected chi connectivity index (χ1v) is 9.49. The summed E-state index contributed by atoms with van der Waals surface area (Å²) >= 11 is 0. The minimum Gasteiger partial charge on any atom is -0.356 e. The molecule has 1 aromatic carbocycles. The van der Waals surface area contributed by atoms with Crippen LogP contribution in [0.1, 0.15) is 61.6 Å². The summed E-state index contributed by atoms with van der Waals surface area (Å²) in [6.45, 7) is 10.4. The molecule has 1 saturated heterocycles. The Kier molecular flexibility index (Phi) is 5.30. The van der Waals surface area contributed by atoms with Gasteiger partial charge in [-0.3, -0.25) is 4.79 Å². The van der Waals surface area contributed by atoms with Crippen molar-refractivity contribution >= 4 is 17.4 Å². The van der Waals surface area contributed by atoms with Crippen LogP contribution in [0.15, 0.2) is 36.4 Å². The molecule has 1 aromatic heterocycles. The van der Waals surface area contributed by atoms with Crippen LogP contribution in [0.2, 0.25) is 0 Å². The Labute approximate surface area is 156 Å². The Hall–Kier alpha value is -2.36. The van der Waals surface area contributed by atoms with Gasteiger partial charge in [0.2, 0.25) is 0 Å². The van der Waals surface area contributed by atoms with Crippen LogP contribution in [-0.4, -0.2) is 24.0 Å². The van der Waals surface area contributed by atoms with E-state index in [2.05, 4.69) is 48.1 Å². The zero-order chi connectivity index (χ0) is 18.7. The molecule has 2 aromatic rings. The molecule has 0 unspecified atom stereocenters. The molecule has 0 spiro atoms. The van der Waals surface area contributed by atoms with Crippen LogP contribution < -0.4 is 10.2 Å². The number of aromatic nitrogens is 1. The number of pyridine rings is 1. The summed E-state index contributed by atoms with van der Waals surface area (Å²) in [5, 5.41) is 3.06. The quantitative estimate of drug-likeness (QED) is 0.853. The maximum atomic E-state index is 13.0. The number of rotatable bonds is 3. The van der Waals surface area contributed by atoms with E-state index in [1.54, 1.807) is 0 Å². The van der Waals surface area contributed by atoms with Crippen molar-refractivity contribution in [3.8, 4) is 0 Å². The van der Waals surface area contributed by atoms with Crippen molar-refractivity contribution in [1.29, 1.82) is 0 Å². The Morgan fingerprint density at radius 2 is 1.81 bits per heavy atom. The van der Waals surface area contributed by atoms with Crippen LogP contribution in [0.5, 0.6) is 0 Å². The first-order valence-electron chi connectivity index (χ1n) is 9.49. The van der Waals surface area contributed by atoms with Gasteiger partial charge in [0.1, 0.15) is 5.82 Å². The lowest BCUT2D eigenvalue weighted by molar-refractivity contribution is 0.102. The lowest BCUT2D eigenvalue weighted by Gasteiger charge is -2.29. The smallest absolute Gasteiger partial charge is 0.259 e. The highest BCUT2D eigenvalue weighted by atomic mass is 16.1. The molecule has 0 atom stereocenters. The predicted octanol–water partition coefficient (Wildman–Crippen LogP) is 4.93. The van der Waals surface area contributed by atoms with Gasteiger partial charge in [0.15, 0.2) is 0 Å². The standard InChI is InChI=1S/C22H29N3O/c1-16-11-12-19(20(23-16)25-13-6-5-7-14-25)21(26)24-18-10-8-9-17(15-18)22(2,3)4/h8-12,15H,5-7,13-14H2,1-4H3,(H,24,26). The number of carbonyl (C=O) groups excluding carboxylic acids is 1.